The monoisotopic (exact) mass is 593 g/mol. The first-order chi connectivity index (χ1) is 19.8. The van der Waals surface area contributed by atoms with Crippen LogP contribution in [0.2, 0.25) is 0 Å². The highest BCUT2D eigenvalue weighted by Crippen LogP contribution is 2.27. The number of anilines is 1. The molecular formula is C33H43N3O5S. The zero-order valence-electron chi connectivity index (χ0n) is 25.6. The highest BCUT2D eigenvalue weighted by atomic mass is 32.2. The van der Waals surface area contributed by atoms with Crippen molar-refractivity contribution >= 4 is 27.5 Å². The van der Waals surface area contributed by atoms with Crippen LogP contribution in [0.15, 0.2) is 83.8 Å². The van der Waals surface area contributed by atoms with Crippen LogP contribution >= 0.6 is 0 Å². The number of hydrogen-bond acceptors (Lipinski definition) is 5. The zero-order valence-corrected chi connectivity index (χ0v) is 26.4. The summed E-state index contributed by atoms with van der Waals surface area (Å²) in [5.41, 5.74) is 1.69. The number of carbonyl (C=O) groups is 2. The van der Waals surface area contributed by atoms with Crippen molar-refractivity contribution in [3.63, 3.8) is 0 Å². The Bertz CT molecular complexity index is 1430. The third-order valence-corrected chi connectivity index (χ3v) is 8.64. The molecule has 0 heterocycles. The number of amides is 2. The summed E-state index contributed by atoms with van der Waals surface area (Å²) in [5.74, 6) is 0.130. The Kier molecular flexibility index (Phi) is 10.8. The molecule has 1 N–H and O–H groups in total. The number of carbonyl (C=O) groups excluding carboxylic acids is 2. The Labute approximate surface area is 250 Å². The van der Waals surface area contributed by atoms with Gasteiger partial charge in [0, 0.05) is 12.1 Å². The molecule has 3 rings (SSSR count). The largest absolute Gasteiger partial charge is 0.497 e. The van der Waals surface area contributed by atoms with Crippen molar-refractivity contribution in [3.8, 4) is 5.75 Å². The summed E-state index contributed by atoms with van der Waals surface area (Å²) in [6.07, 6.45) is 0.346. The number of nitrogens with zero attached hydrogens (tertiary/aromatic N) is 2. The molecule has 2 amide bonds. The van der Waals surface area contributed by atoms with Gasteiger partial charge in [-0.05, 0) is 80.6 Å². The van der Waals surface area contributed by atoms with E-state index < -0.39 is 34.1 Å². The standard InChI is InChI=1S/C33H43N3O5S/c1-8-30(32(38)34-33(4,5)6)35(22-25-14-20-28(41-7)21-15-25)31(37)23-36(27-18-16-26(17-19-27)24(2)3)42(39,40)29-12-10-9-11-13-29/h9-21,24,30H,8,22-23H2,1-7H3,(H,34,38)/t30-/m0/s1. The van der Waals surface area contributed by atoms with Crippen LogP contribution in [0.1, 0.15) is 65.0 Å². The lowest BCUT2D eigenvalue weighted by atomic mass is 10.0. The molecule has 0 aliphatic rings. The van der Waals surface area contributed by atoms with E-state index in [4.69, 9.17) is 4.74 Å². The number of sulfonamides is 1. The Morgan fingerprint density at radius 1 is 0.905 bits per heavy atom. The van der Waals surface area contributed by atoms with Gasteiger partial charge in [-0.2, -0.15) is 0 Å². The van der Waals surface area contributed by atoms with E-state index in [0.717, 1.165) is 15.4 Å². The second-order valence-electron chi connectivity index (χ2n) is 11.6. The SMILES string of the molecule is CC[C@@H](C(=O)NC(C)(C)C)N(Cc1ccc(OC)cc1)C(=O)CN(c1ccc(C(C)C)cc1)S(=O)(=O)c1ccccc1. The Morgan fingerprint density at radius 2 is 1.50 bits per heavy atom. The second-order valence-corrected chi connectivity index (χ2v) is 13.5. The summed E-state index contributed by atoms with van der Waals surface area (Å²) in [4.78, 5) is 29.2. The first kappa shape index (κ1) is 32.7. The molecule has 0 fully saturated rings. The molecule has 0 aromatic heterocycles. The van der Waals surface area contributed by atoms with Gasteiger partial charge >= 0.3 is 0 Å². The maximum Gasteiger partial charge on any atom is 0.264 e. The predicted molar refractivity (Wildman–Crippen MR) is 167 cm³/mol. The van der Waals surface area contributed by atoms with Gasteiger partial charge in [0.05, 0.1) is 17.7 Å². The molecule has 3 aromatic carbocycles. The molecule has 0 spiro atoms. The highest BCUT2D eigenvalue weighted by Gasteiger charge is 2.34. The number of ether oxygens (including phenoxy) is 1. The third-order valence-electron chi connectivity index (χ3n) is 6.85. The Hall–Kier alpha value is -3.85. The van der Waals surface area contributed by atoms with Crippen LogP contribution in [-0.2, 0) is 26.2 Å². The summed E-state index contributed by atoms with van der Waals surface area (Å²) in [7, 11) is -2.54. The number of methoxy groups -OCH3 is 1. The number of nitrogens with one attached hydrogen (secondary N) is 1. The minimum absolute atomic E-state index is 0.0740. The molecule has 0 radical (unpaired) electrons. The number of benzene rings is 3. The van der Waals surface area contributed by atoms with Gasteiger partial charge in [-0.1, -0.05) is 63.2 Å². The fourth-order valence-electron chi connectivity index (χ4n) is 4.57. The van der Waals surface area contributed by atoms with E-state index in [1.165, 1.54) is 17.0 Å². The van der Waals surface area contributed by atoms with Gasteiger partial charge in [-0.3, -0.25) is 13.9 Å². The molecule has 0 aliphatic heterocycles. The van der Waals surface area contributed by atoms with E-state index in [0.29, 0.717) is 17.9 Å². The van der Waals surface area contributed by atoms with Crippen LogP contribution in [0.25, 0.3) is 0 Å². The van der Waals surface area contributed by atoms with E-state index in [9.17, 15) is 18.0 Å². The van der Waals surface area contributed by atoms with Crippen molar-refractivity contribution in [2.75, 3.05) is 18.0 Å². The molecule has 0 unspecified atom stereocenters. The van der Waals surface area contributed by atoms with Crippen LogP contribution < -0.4 is 14.4 Å². The molecule has 0 aliphatic carbocycles. The Balaban J connectivity index is 2.07. The molecule has 42 heavy (non-hydrogen) atoms. The molecule has 0 saturated heterocycles. The lowest BCUT2D eigenvalue weighted by molar-refractivity contribution is -0.141. The van der Waals surface area contributed by atoms with E-state index in [2.05, 4.69) is 19.2 Å². The smallest absolute Gasteiger partial charge is 0.264 e. The summed E-state index contributed by atoms with van der Waals surface area (Å²) >= 11 is 0. The molecule has 0 saturated carbocycles. The molecular weight excluding hydrogens is 550 g/mol. The molecule has 226 valence electrons. The molecule has 9 heteroatoms. The molecule has 1 atom stereocenters. The van der Waals surface area contributed by atoms with Crippen molar-refractivity contribution in [2.24, 2.45) is 0 Å². The van der Waals surface area contributed by atoms with Gasteiger partial charge in [0.1, 0.15) is 18.3 Å². The highest BCUT2D eigenvalue weighted by molar-refractivity contribution is 7.92. The van der Waals surface area contributed by atoms with E-state index >= 15 is 0 Å². The van der Waals surface area contributed by atoms with Crippen LogP contribution in [0.4, 0.5) is 5.69 Å². The predicted octanol–water partition coefficient (Wildman–Crippen LogP) is 5.74. The summed E-state index contributed by atoms with van der Waals surface area (Å²) < 4.78 is 34.3. The number of rotatable bonds is 12. The van der Waals surface area contributed by atoms with E-state index in [-0.39, 0.29) is 23.3 Å². The minimum atomic E-state index is -4.11. The fourth-order valence-corrected chi connectivity index (χ4v) is 6.01. The van der Waals surface area contributed by atoms with Crippen molar-refractivity contribution in [1.29, 1.82) is 0 Å². The first-order valence-corrected chi connectivity index (χ1v) is 15.6. The fraction of sp³-hybridized carbons (Fsp3) is 0.394. The molecule has 3 aromatic rings. The van der Waals surface area contributed by atoms with Gasteiger partial charge in [0.2, 0.25) is 11.8 Å². The van der Waals surface area contributed by atoms with E-state index in [1.54, 1.807) is 49.6 Å². The van der Waals surface area contributed by atoms with Gasteiger partial charge in [-0.25, -0.2) is 8.42 Å². The van der Waals surface area contributed by atoms with Crippen molar-refractivity contribution in [2.45, 2.75) is 76.9 Å². The van der Waals surface area contributed by atoms with Crippen molar-refractivity contribution in [1.82, 2.24) is 10.2 Å². The van der Waals surface area contributed by atoms with Gasteiger partial charge < -0.3 is 15.0 Å². The van der Waals surface area contributed by atoms with Gasteiger partial charge in [-0.15, -0.1) is 0 Å². The van der Waals surface area contributed by atoms with Gasteiger partial charge in [0.25, 0.3) is 10.0 Å². The summed E-state index contributed by atoms with van der Waals surface area (Å²) in [6.45, 7) is 11.2. The maximum atomic E-state index is 14.2. The Morgan fingerprint density at radius 3 is 2.00 bits per heavy atom. The topological polar surface area (TPSA) is 96.0 Å². The first-order valence-electron chi connectivity index (χ1n) is 14.2. The quantitative estimate of drug-likeness (QED) is 0.289. The van der Waals surface area contributed by atoms with Crippen molar-refractivity contribution < 1.29 is 22.7 Å². The lowest BCUT2D eigenvalue weighted by Gasteiger charge is -2.34. The summed E-state index contributed by atoms with van der Waals surface area (Å²) in [5, 5.41) is 2.98. The van der Waals surface area contributed by atoms with Crippen LogP contribution in [0.5, 0.6) is 5.75 Å². The van der Waals surface area contributed by atoms with E-state index in [1.807, 2.05) is 52.0 Å². The van der Waals surface area contributed by atoms with Crippen LogP contribution in [0.3, 0.4) is 0 Å². The normalized spacial score (nSPS) is 12.5. The molecule has 0 bridgehead atoms. The zero-order chi connectivity index (χ0) is 31.1. The average Bonchev–Trinajstić information content (AvgIpc) is 2.95. The van der Waals surface area contributed by atoms with Crippen molar-refractivity contribution in [3.05, 3.63) is 90.0 Å². The summed E-state index contributed by atoms with van der Waals surface area (Å²) in [6, 6.07) is 21.7. The minimum Gasteiger partial charge on any atom is -0.497 e. The third kappa shape index (κ3) is 8.35. The maximum absolute atomic E-state index is 14.2. The van der Waals surface area contributed by atoms with Gasteiger partial charge in [0.15, 0.2) is 0 Å². The number of hydrogen-bond donors (Lipinski definition) is 1. The second kappa shape index (κ2) is 13.9. The molecule has 8 nitrogen and oxygen atoms in total. The van der Waals surface area contributed by atoms with Crippen LogP contribution in [0, 0.1) is 0 Å². The van der Waals surface area contributed by atoms with Crippen LogP contribution in [-0.4, -0.2) is 50.4 Å². The average molecular weight is 594 g/mol. The lowest BCUT2D eigenvalue weighted by Crippen LogP contribution is -2.55.